The van der Waals surface area contributed by atoms with E-state index in [9.17, 15) is 4.21 Å². The second-order valence-corrected chi connectivity index (χ2v) is 5.11. The smallest absolute Gasteiger partial charge is 0.231 e. The maximum Gasteiger partial charge on any atom is 0.231 e. The lowest BCUT2D eigenvalue weighted by atomic mass is 10.0. The van der Waals surface area contributed by atoms with Crippen LogP contribution in [0.15, 0.2) is 18.2 Å². The summed E-state index contributed by atoms with van der Waals surface area (Å²) in [4.78, 5) is 0. The molecule has 0 saturated carbocycles. The van der Waals surface area contributed by atoms with Gasteiger partial charge in [-0.15, -0.1) is 0 Å². The minimum absolute atomic E-state index is 0.0702. The molecule has 18 heavy (non-hydrogen) atoms. The van der Waals surface area contributed by atoms with Crippen LogP contribution >= 0.6 is 0 Å². The molecule has 1 rings (SSSR count). The Hall–Kier alpha value is -0.950. The molecule has 0 aliphatic heterocycles. The maximum atomic E-state index is 10.5. The first-order valence-corrected chi connectivity index (χ1v) is 7.04. The van der Waals surface area contributed by atoms with Crippen LogP contribution in [0.1, 0.15) is 18.1 Å². The number of anilines is 1. The lowest BCUT2D eigenvalue weighted by Gasteiger charge is -2.16. The van der Waals surface area contributed by atoms with Gasteiger partial charge in [0.25, 0.3) is 0 Å². The van der Waals surface area contributed by atoms with E-state index in [0.29, 0.717) is 13.1 Å². The summed E-state index contributed by atoms with van der Waals surface area (Å²) in [6.45, 7) is 5.08. The molecular formula is C12H21N3O2S. The van der Waals surface area contributed by atoms with E-state index in [2.05, 4.69) is 29.1 Å². The van der Waals surface area contributed by atoms with Gasteiger partial charge in [0.2, 0.25) is 11.3 Å². The summed E-state index contributed by atoms with van der Waals surface area (Å²) in [7, 11) is 0. The maximum absolute atomic E-state index is 10.5. The predicted octanol–water partition coefficient (Wildman–Crippen LogP) is 1.02. The molecule has 0 aliphatic carbocycles. The van der Waals surface area contributed by atoms with E-state index in [-0.39, 0.29) is 6.04 Å². The molecule has 0 spiro atoms. The molecule has 5 N–H and O–H groups in total. The SMILES string of the molecule is Cc1cc(NC(C)CNS(=O)O)ccc1CCN. The van der Waals surface area contributed by atoms with Crippen molar-refractivity contribution < 1.29 is 8.76 Å². The molecule has 6 heteroatoms. The molecule has 2 atom stereocenters. The highest BCUT2D eigenvalue weighted by Gasteiger charge is 2.05. The summed E-state index contributed by atoms with van der Waals surface area (Å²) in [5, 5.41) is 3.27. The van der Waals surface area contributed by atoms with Crippen molar-refractivity contribution in [1.82, 2.24) is 4.72 Å². The molecule has 5 nitrogen and oxygen atoms in total. The van der Waals surface area contributed by atoms with Crippen LogP contribution in [0.4, 0.5) is 5.69 Å². The second-order valence-electron chi connectivity index (χ2n) is 4.32. The van der Waals surface area contributed by atoms with Gasteiger partial charge in [0.1, 0.15) is 0 Å². The van der Waals surface area contributed by atoms with Gasteiger partial charge >= 0.3 is 0 Å². The van der Waals surface area contributed by atoms with Crippen molar-refractivity contribution in [2.75, 3.05) is 18.4 Å². The highest BCUT2D eigenvalue weighted by Crippen LogP contribution is 2.16. The van der Waals surface area contributed by atoms with Gasteiger partial charge in [0.15, 0.2) is 0 Å². The Kier molecular flexibility index (Phi) is 6.28. The van der Waals surface area contributed by atoms with E-state index in [0.717, 1.165) is 12.1 Å². The summed E-state index contributed by atoms with van der Waals surface area (Å²) < 4.78 is 21.6. The molecule has 1 aromatic rings. The Morgan fingerprint density at radius 1 is 1.50 bits per heavy atom. The van der Waals surface area contributed by atoms with Crippen LogP contribution in [-0.4, -0.2) is 27.9 Å². The number of hydrogen-bond acceptors (Lipinski definition) is 3. The van der Waals surface area contributed by atoms with Gasteiger partial charge < -0.3 is 11.1 Å². The predicted molar refractivity (Wildman–Crippen MR) is 75.8 cm³/mol. The van der Waals surface area contributed by atoms with Gasteiger partial charge in [-0.3, -0.25) is 4.55 Å². The standard InChI is InChI=1S/C12H21N3O2S/c1-9-7-12(4-3-11(9)5-6-13)15-10(2)8-14-18(16)17/h3-4,7,10,14-15H,5-6,8,13H2,1-2H3,(H,16,17). The van der Waals surface area contributed by atoms with E-state index in [1.165, 1.54) is 11.1 Å². The van der Waals surface area contributed by atoms with Crippen LogP contribution in [0.25, 0.3) is 0 Å². The number of nitrogens with two attached hydrogens (primary N) is 1. The third-order valence-electron chi connectivity index (χ3n) is 2.68. The Labute approximate surface area is 111 Å². The largest absolute Gasteiger partial charge is 0.381 e. The normalized spacial score (nSPS) is 14.2. The zero-order chi connectivity index (χ0) is 13.5. The van der Waals surface area contributed by atoms with Crippen molar-refractivity contribution in [3.63, 3.8) is 0 Å². The van der Waals surface area contributed by atoms with Gasteiger partial charge in [0, 0.05) is 18.3 Å². The molecule has 1 aromatic carbocycles. The van der Waals surface area contributed by atoms with Crippen LogP contribution in [0.3, 0.4) is 0 Å². The van der Waals surface area contributed by atoms with Crippen molar-refractivity contribution in [1.29, 1.82) is 0 Å². The quantitative estimate of drug-likeness (QED) is 0.558. The van der Waals surface area contributed by atoms with Crippen molar-refractivity contribution in [2.45, 2.75) is 26.3 Å². The van der Waals surface area contributed by atoms with Gasteiger partial charge in [0.05, 0.1) is 0 Å². The number of hydrogen-bond donors (Lipinski definition) is 4. The van der Waals surface area contributed by atoms with E-state index in [4.69, 9.17) is 10.3 Å². The number of rotatable bonds is 7. The molecule has 2 unspecified atom stereocenters. The van der Waals surface area contributed by atoms with Crippen molar-refractivity contribution in [3.8, 4) is 0 Å². The van der Waals surface area contributed by atoms with E-state index >= 15 is 0 Å². The molecule has 0 aliphatic rings. The fourth-order valence-electron chi connectivity index (χ4n) is 1.75. The average Bonchev–Trinajstić information content (AvgIpc) is 2.30. The third kappa shape index (κ3) is 5.14. The van der Waals surface area contributed by atoms with E-state index in [1.807, 2.05) is 13.0 Å². The van der Waals surface area contributed by atoms with Crippen molar-refractivity contribution in [2.24, 2.45) is 5.73 Å². The first kappa shape index (κ1) is 15.1. The third-order valence-corrected chi connectivity index (χ3v) is 3.10. The van der Waals surface area contributed by atoms with E-state index < -0.39 is 11.3 Å². The second kappa shape index (κ2) is 7.48. The molecular weight excluding hydrogens is 250 g/mol. The molecule has 0 fully saturated rings. The lowest BCUT2D eigenvalue weighted by molar-refractivity contribution is 0.545. The highest BCUT2D eigenvalue weighted by atomic mass is 32.2. The zero-order valence-electron chi connectivity index (χ0n) is 10.8. The Balaban J connectivity index is 2.57. The molecule has 0 aromatic heterocycles. The fraction of sp³-hybridized carbons (Fsp3) is 0.500. The highest BCUT2D eigenvalue weighted by molar-refractivity contribution is 7.77. The molecule has 0 radical (unpaired) electrons. The zero-order valence-corrected chi connectivity index (χ0v) is 11.6. The molecule has 0 heterocycles. The van der Waals surface area contributed by atoms with Crippen LogP contribution in [0, 0.1) is 6.92 Å². The van der Waals surface area contributed by atoms with Crippen molar-refractivity contribution >= 4 is 17.0 Å². The summed E-state index contributed by atoms with van der Waals surface area (Å²) in [6.07, 6.45) is 0.882. The van der Waals surface area contributed by atoms with Crippen LogP contribution < -0.4 is 15.8 Å². The summed E-state index contributed by atoms with van der Waals surface area (Å²) in [5.41, 5.74) is 9.01. The molecule has 0 saturated heterocycles. The number of aryl methyl sites for hydroxylation is 1. The first-order chi connectivity index (χ1) is 8.52. The van der Waals surface area contributed by atoms with Crippen LogP contribution in [0.5, 0.6) is 0 Å². The molecule has 0 amide bonds. The monoisotopic (exact) mass is 271 g/mol. The Bertz CT molecular complexity index is 412. The fourth-order valence-corrected chi connectivity index (χ4v) is 2.15. The molecule has 102 valence electrons. The van der Waals surface area contributed by atoms with Crippen LogP contribution in [0.2, 0.25) is 0 Å². The van der Waals surface area contributed by atoms with Crippen LogP contribution in [-0.2, 0) is 17.7 Å². The van der Waals surface area contributed by atoms with E-state index in [1.54, 1.807) is 0 Å². The van der Waals surface area contributed by atoms with Gasteiger partial charge in [-0.2, -0.15) is 0 Å². The number of nitrogens with one attached hydrogen (secondary N) is 2. The summed E-state index contributed by atoms with van der Waals surface area (Å²) in [6, 6.07) is 6.21. The minimum atomic E-state index is -1.96. The van der Waals surface area contributed by atoms with Gasteiger partial charge in [-0.05, 0) is 50.1 Å². The van der Waals surface area contributed by atoms with Crippen molar-refractivity contribution in [3.05, 3.63) is 29.3 Å². The number of benzene rings is 1. The minimum Gasteiger partial charge on any atom is -0.381 e. The Morgan fingerprint density at radius 2 is 2.22 bits per heavy atom. The summed E-state index contributed by atoms with van der Waals surface area (Å²) in [5.74, 6) is 0. The average molecular weight is 271 g/mol. The molecule has 0 bridgehead atoms. The lowest BCUT2D eigenvalue weighted by Crippen LogP contribution is -2.31. The first-order valence-electron chi connectivity index (χ1n) is 5.93. The summed E-state index contributed by atoms with van der Waals surface area (Å²) >= 11 is -1.96. The topological polar surface area (TPSA) is 87.4 Å². The Morgan fingerprint density at radius 3 is 2.78 bits per heavy atom. The van der Waals surface area contributed by atoms with Gasteiger partial charge in [-0.25, -0.2) is 8.93 Å². The van der Waals surface area contributed by atoms with Gasteiger partial charge in [-0.1, -0.05) is 6.07 Å².